The summed E-state index contributed by atoms with van der Waals surface area (Å²) in [7, 11) is 0. The lowest BCUT2D eigenvalue weighted by atomic mass is 10.1. The number of piperazine rings is 1. The van der Waals surface area contributed by atoms with E-state index < -0.39 is 0 Å². The molecule has 0 bridgehead atoms. The van der Waals surface area contributed by atoms with Crippen LogP contribution in [0.15, 0.2) is 16.5 Å². The molecule has 23 heavy (non-hydrogen) atoms. The second kappa shape index (κ2) is 7.77. The van der Waals surface area contributed by atoms with Crippen LogP contribution in [-0.2, 0) is 6.54 Å². The molecule has 0 aliphatic carbocycles. The SMILES string of the molecule is CC(C)N1CCN(C(=S)c2ccc(CN3CCCCC3)o2)CC1. The molecule has 3 heterocycles. The molecule has 5 heteroatoms. The molecule has 4 nitrogen and oxygen atoms in total. The van der Waals surface area contributed by atoms with Crippen LogP contribution in [0.25, 0.3) is 0 Å². The minimum atomic E-state index is 0.616. The number of piperidine rings is 1. The number of likely N-dealkylation sites (tertiary alicyclic amines) is 1. The average Bonchev–Trinajstić information content (AvgIpc) is 3.03. The average molecular weight is 336 g/mol. The van der Waals surface area contributed by atoms with Gasteiger partial charge in [0.25, 0.3) is 0 Å². The van der Waals surface area contributed by atoms with Crippen molar-refractivity contribution in [3.63, 3.8) is 0 Å². The molecule has 0 saturated carbocycles. The van der Waals surface area contributed by atoms with Crippen LogP contribution in [0, 0.1) is 0 Å². The van der Waals surface area contributed by atoms with Crippen LogP contribution in [0.3, 0.4) is 0 Å². The Morgan fingerprint density at radius 1 is 1.04 bits per heavy atom. The molecular weight excluding hydrogens is 306 g/mol. The lowest BCUT2D eigenvalue weighted by Crippen LogP contribution is -2.50. The molecule has 128 valence electrons. The Labute approximate surface area is 145 Å². The Bertz CT molecular complexity index is 514. The molecule has 1 aromatic heterocycles. The lowest BCUT2D eigenvalue weighted by molar-refractivity contribution is 0.149. The van der Waals surface area contributed by atoms with Gasteiger partial charge >= 0.3 is 0 Å². The number of furan rings is 1. The van der Waals surface area contributed by atoms with E-state index in [4.69, 9.17) is 16.6 Å². The first-order valence-electron chi connectivity index (χ1n) is 8.98. The van der Waals surface area contributed by atoms with Crippen LogP contribution in [-0.4, -0.2) is 65.0 Å². The number of nitrogens with zero attached hydrogens (tertiary/aromatic N) is 3. The highest BCUT2D eigenvalue weighted by Gasteiger charge is 2.23. The maximum absolute atomic E-state index is 6.04. The smallest absolute Gasteiger partial charge is 0.161 e. The number of rotatable bonds is 4. The van der Waals surface area contributed by atoms with Crippen LogP contribution >= 0.6 is 12.2 Å². The largest absolute Gasteiger partial charge is 0.457 e. The van der Waals surface area contributed by atoms with Crippen molar-refractivity contribution in [2.24, 2.45) is 0 Å². The van der Waals surface area contributed by atoms with Gasteiger partial charge in [-0.2, -0.15) is 0 Å². The first-order valence-corrected chi connectivity index (χ1v) is 9.38. The van der Waals surface area contributed by atoms with Crippen molar-refractivity contribution in [3.05, 3.63) is 23.7 Å². The highest BCUT2D eigenvalue weighted by Crippen LogP contribution is 2.18. The predicted molar refractivity (Wildman–Crippen MR) is 97.8 cm³/mol. The molecule has 2 aliphatic heterocycles. The minimum absolute atomic E-state index is 0.616. The summed E-state index contributed by atoms with van der Waals surface area (Å²) in [5.74, 6) is 1.91. The zero-order chi connectivity index (χ0) is 16.2. The van der Waals surface area contributed by atoms with Crippen LogP contribution < -0.4 is 0 Å². The molecule has 0 aromatic carbocycles. The number of thiocarbonyl (C=S) groups is 1. The molecule has 0 radical (unpaired) electrons. The van der Waals surface area contributed by atoms with E-state index in [1.807, 2.05) is 0 Å². The fourth-order valence-corrected chi connectivity index (χ4v) is 3.81. The Kier molecular flexibility index (Phi) is 5.72. The third kappa shape index (κ3) is 4.34. The summed E-state index contributed by atoms with van der Waals surface area (Å²) in [6.45, 7) is 12.0. The van der Waals surface area contributed by atoms with Gasteiger partial charge in [0, 0.05) is 32.2 Å². The van der Waals surface area contributed by atoms with E-state index >= 15 is 0 Å². The quantitative estimate of drug-likeness (QED) is 0.787. The molecule has 0 atom stereocenters. The van der Waals surface area contributed by atoms with Gasteiger partial charge in [-0.3, -0.25) is 9.80 Å². The van der Waals surface area contributed by atoms with Gasteiger partial charge in [0.1, 0.15) is 10.7 Å². The molecule has 0 amide bonds. The first-order chi connectivity index (χ1) is 11.1. The highest BCUT2D eigenvalue weighted by molar-refractivity contribution is 7.80. The van der Waals surface area contributed by atoms with E-state index in [0.717, 1.165) is 49.2 Å². The molecular formula is C18H29N3OS. The van der Waals surface area contributed by atoms with E-state index in [1.54, 1.807) is 0 Å². The van der Waals surface area contributed by atoms with Crippen LogP contribution in [0.4, 0.5) is 0 Å². The van der Waals surface area contributed by atoms with Gasteiger partial charge in [0.2, 0.25) is 0 Å². The van der Waals surface area contributed by atoms with Crippen molar-refractivity contribution in [2.75, 3.05) is 39.3 Å². The van der Waals surface area contributed by atoms with Crippen molar-refractivity contribution in [2.45, 2.75) is 45.7 Å². The van der Waals surface area contributed by atoms with E-state index in [9.17, 15) is 0 Å². The zero-order valence-electron chi connectivity index (χ0n) is 14.5. The van der Waals surface area contributed by atoms with Crippen molar-refractivity contribution < 1.29 is 4.42 Å². The topological polar surface area (TPSA) is 22.9 Å². The van der Waals surface area contributed by atoms with Gasteiger partial charge in [-0.05, 0) is 51.9 Å². The Balaban J connectivity index is 1.54. The van der Waals surface area contributed by atoms with E-state index in [-0.39, 0.29) is 0 Å². The molecule has 2 saturated heterocycles. The summed E-state index contributed by atoms with van der Waals surface area (Å²) < 4.78 is 6.04. The molecule has 2 aliphatic rings. The highest BCUT2D eigenvalue weighted by atomic mass is 32.1. The van der Waals surface area contributed by atoms with E-state index in [0.29, 0.717) is 6.04 Å². The number of hydrogen-bond acceptors (Lipinski definition) is 4. The Morgan fingerprint density at radius 2 is 1.74 bits per heavy atom. The van der Waals surface area contributed by atoms with Gasteiger partial charge in [0.05, 0.1) is 6.54 Å². The van der Waals surface area contributed by atoms with Crippen LogP contribution in [0.5, 0.6) is 0 Å². The fraction of sp³-hybridized carbons (Fsp3) is 0.722. The summed E-state index contributed by atoms with van der Waals surface area (Å²) in [6.07, 6.45) is 3.99. The van der Waals surface area contributed by atoms with Crippen molar-refractivity contribution in [1.82, 2.24) is 14.7 Å². The summed E-state index contributed by atoms with van der Waals surface area (Å²) in [5.41, 5.74) is 0. The maximum Gasteiger partial charge on any atom is 0.161 e. The van der Waals surface area contributed by atoms with Gasteiger partial charge < -0.3 is 9.32 Å². The van der Waals surface area contributed by atoms with E-state index in [1.165, 1.54) is 32.4 Å². The molecule has 0 N–H and O–H groups in total. The van der Waals surface area contributed by atoms with Crippen LogP contribution in [0.2, 0.25) is 0 Å². The molecule has 2 fully saturated rings. The Hall–Kier alpha value is -0.910. The lowest BCUT2D eigenvalue weighted by Gasteiger charge is -2.37. The first kappa shape index (κ1) is 16.9. The second-order valence-corrected chi connectivity index (χ2v) is 7.41. The van der Waals surface area contributed by atoms with Crippen LogP contribution in [0.1, 0.15) is 44.6 Å². The van der Waals surface area contributed by atoms with Crippen molar-refractivity contribution in [3.8, 4) is 0 Å². The van der Waals surface area contributed by atoms with Crippen molar-refractivity contribution in [1.29, 1.82) is 0 Å². The van der Waals surface area contributed by atoms with Gasteiger partial charge in [-0.15, -0.1) is 0 Å². The predicted octanol–water partition coefficient (Wildman–Crippen LogP) is 2.97. The summed E-state index contributed by atoms with van der Waals surface area (Å²) in [5, 5.41) is 0. The van der Waals surface area contributed by atoms with Gasteiger partial charge in [-0.25, -0.2) is 0 Å². The normalized spacial score (nSPS) is 21.1. The second-order valence-electron chi connectivity index (χ2n) is 7.02. The monoisotopic (exact) mass is 335 g/mol. The van der Waals surface area contributed by atoms with E-state index in [2.05, 4.69) is 40.7 Å². The summed E-state index contributed by atoms with van der Waals surface area (Å²) in [4.78, 5) is 8.15. The molecule has 3 rings (SSSR count). The van der Waals surface area contributed by atoms with Gasteiger partial charge in [-0.1, -0.05) is 18.6 Å². The zero-order valence-corrected chi connectivity index (χ0v) is 15.3. The maximum atomic E-state index is 6.04. The van der Waals surface area contributed by atoms with Gasteiger partial charge in [0.15, 0.2) is 5.76 Å². The fourth-order valence-electron chi connectivity index (χ4n) is 3.51. The minimum Gasteiger partial charge on any atom is -0.457 e. The third-order valence-electron chi connectivity index (χ3n) is 5.03. The molecule has 0 unspecified atom stereocenters. The van der Waals surface area contributed by atoms with Crippen molar-refractivity contribution >= 4 is 17.2 Å². The summed E-state index contributed by atoms with van der Waals surface area (Å²) >= 11 is 5.66. The Morgan fingerprint density at radius 3 is 2.39 bits per heavy atom. The molecule has 1 aromatic rings. The third-order valence-corrected chi connectivity index (χ3v) is 5.49. The molecule has 0 spiro atoms. The standard InChI is InChI=1S/C18H29N3OS/c1-15(2)20-10-12-21(13-11-20)18(23)17-7-6-16(22-17)14-19-8-4-3-5-9-19/h6-7,15H,3-5,8-14H2,1-2H3. The summed E-state index contributed by atoms with van der Waals surface area (Å²) in [6, 6.07) is 4.77. The number of hydrogen-bond donors (Lipinski definition) is 0.